The van der Waals surface area contributed by atoms with Gasteiger partial charge in [0, 0.05) is 5.56 Å². The van der Waals surface area contributed by atoms with Crippen molar-refractivity contribution in [2.24, 2.45) is 0 Å². The summed E-state index contributed by atoms with van der Waals surface area (Å²) in [4.78, 5) is 19.6. The average molecular weight is 364 g/mol. The van der Waals surface area contributed by atoms with E-state index < -0.39 is 17.4 Å². The van der Waals surface area contributed by atoms with Gasteiger partial charge in [-0.15, -0.1) is 0 Å². The molecule has 1 amide bonds. The molecule has 0 spiro atoms. The molecule has 8 heteroatoms. The first kappa shape index (κ1) is 18.2. The van der Waals surface area contributed by atoms with E-state index >= 15 is 0 Å². The lowest BCUT2D eigenvalue weighted by Gasteiger charge is -2.33. The van der Waals surface area contributed by atoms with E-state index in [0.29, 0.717) is 11.8 Å². The van der Waals surface area contributed by atoms with Gasteiger partial charge in [0.1, 0.15) is 5.82 Å². The van der Waals surface area contributed by atoms with Gasteiger partial charge in [0.15, 0.2) is 5.69 Å². The Labute approximate surface area is 149 Å². The van der Waals surface area contributed by atoms with E-state index in [4.69, 9.17) is 0 Å². The minimum atomic E-state index is -4.52. The summed E-state index contributed by atoms with van der Waals surface area (Å²) in [5, 5.41) is 6.16. The number of benzene rings is 1. The number of halogens is 3. The molecule has 0 unspecified atom stereocenters. The summed E-state index contributed by atoms with van der Waals surface area (Å²) in [7, 11) is 0. The minimum absolute atomic E-state index is 0.167. The third-order valence-corrected chi connectivity index (χ3v) is 4.66. The van der Waals surface area contributed by atoms with E-state index in [-0.39, 0.29) is 17.8 Å². The van der Waals surface area contributed by atoms with E-state index in [9.17, 15) is 18.0 Å². The number of carbonyl (C=O) groups is 1. The molecule has 0 saturated heterocycles. The molecule has 0 radical (unpaired) electrons. The first-order chi connectivity index (χ1) is 12.3. The Kier molecular flexibility index (Phi) is 4.84. The van der Waals surface area contributed by atoms with Crippen molar-refractivity contribution in [3.8, 4) is 0 Å². The lowest BCUT2D eigenvalue weighted by Crippen LogP contribution is -2.52. The number of carbonyl (C=O) groups excluding carboxylic acids is 1. The molecule has 1 aromatic carbocycles. The highest BCUT2D eigenvalue weighted by molar-refractivity contribution is 5.94. The van der Waals surface area contributed by atoms with Crippen LogP contribution in [0.2, 0.25) is 0 Å². The molecule has 138 valence electrons. The van der Waals surface area contributed by atoms with E-state index in [0.717, 1.165) is 25.5 Å². The number of nitrogens with zero attached hydrogens (tertiary/aromatic N) is 2. The van der Waals surface area contributed by atoms with Gasteiger partial charge >= 0.3 is 6.18 Å². The summed E-state index contributed by atoms with van der Waals surface area (Å²) >= 11 is 0. The smallest absolute Gasteiger partial charge is 0.362 e. The molecule has 1 saturated carbocycles. The second-order valence-electron chi connectivity index (χ2n) is 6.61. The molecule has 0 aliphatic heterocycles. The van der Waals surface area contributed by atoms with Gasteiger partial charge in [-0.3, -0.25) is 4.79 Å². The van der Waals surface area contributed by atoms with Gasteiger partial charge < -0.3 is 10.6 Å². The number of anilines is 1. The molecule has 2 aromatic rings. The van der Waals surface area contributed by atoms with Crippen molar-refractivity contribution in [3.05, 3.63) is 54.0 Å². The van der Waals surface area contributed by atoms with Gasteiger partial charge in [0.2, 0.25) is 0 Å². The molecule has 1 aliphatic rings. The average Bonchev–Trinajstić information content (AvgIpc) is 2.95. The van der Waals surface area contributed by atoms with Crippen LogP contribution in [-0.2, 0) is 6.18 Å². The van der Waals surface area contributed by atoms with E-state index in [1.54, 1.807) is 24.3 Å². The number of amides is 1. The van der Waals surface area contributed by atoms with Crippen LogP contribution < -0.4 is 10.6 Å². The highest BCUT2D eigenvalue weighted by atomic mass is 19.4. The maximum absolute atomic E-state index is 12.6. The Bertz CT molecular complexity index is 764. The SMILES string of the molecule is C[C@]1(Nc2cnc(C(F)(F)F)cn2)CCC[C@@H]1NC(=O)c1ccccc1. The number of aromatic nitrogens is 2. The van der Waals surface area contributed by atoms with E-state index in [1.165, 1.54) is 0 Å². The summed E-state index contributed by atoms with van der Waals surface area (Å²) in [6, 6.07) is 8.71. The first-order valence-corrected chi connectivity index (χ1v) is 8.31. The minimum Gasteiger partial charge on any atom is -0.362 e. The molecule has 3 rings (SSSR count). The molecule has 0 bridgehead atoms. The monoisotopic (exact) mass is 364 g/mol. The molecule has 26 heavy (non-hydrogen) atoms. The van der Waals surface area contributed by atoms with Gasteiger partial charge in [0.05, 0.1) is 24.0 Å². The van der Waals surface area contributed by atoms with Crippen molar-refractivity contribution in [3.63, 3.8) is 0 Å². The van der Waals surface area contributed by atoms with Crippen LogP contribution in [0.25, 0.3) is 0 Å². The molecule has 5 nitrogen and oxygen atoms in total. The summed E-state index contributed by atoms with van der Waals surface area (Å²) in [5.41, 5.74) is -0.983. The molecule has 2 N–H and O–H groups in total. The highest BCUT2D eigenvalue weighted by Gasteiger charge is 2.40. The summed E-state index contributed by atoms with van der Waals surface area (Å²) in [6.07, 6.45) is -0.321. The van der Waals surface area contributed by atoms with E-state index in [2.05, 4.69) is 20.6 Å². The van der Waals surface area contributed by atoms with Crippen LogP contribution in [0.5, 0.6) is 0 Å². The van der Waals surface area contributed by atoms with Crippen molar-refractivity contribution >= 4 is 11.7 Å². The first-order valence-electron chi connectivity index (χ1n) is 8.31. The van der Waals surface area contributed by atoms with Crippen molar-refractivity contribution in [2.45, 2.75) is 43.9 Å². The number of hydrogen-bond acceptors (Lipinski definition) is 4. The molecule has 2 atom stereocenters. The second kappa shape index (κ2) is 6.93. The Balaban J connectivity index is 1.70. The fourth-order valence-electron chi connectivity index (χ4n) is 3.21. The molecular weight excluding hydrogens is 345 g/mol. The zero-order valence-electron chi connectivity index (χ0n) is 14.2. The van der Waals surface area contributed by atoms with Crippen LogP contribution in [0.15, 0.2) is 42.7 Å². The Hall–Kier alpha value is -2.64. The van der Waals surface area contributed by atoms with Crippen molar-refractivity contribution < 1.29 is 18.0 Å². The zero-order chi connectivity index (χ0) is 18.8. The van der Waals surface area contributed by atoms with Crippen LogP contribution >= 0.6 is 0 Å². The molecule has 1 aromatic heterocycles. The quantitative estimate of drug-likeness (QED) is 0.869. The largest absolute Gasteiger partial charge is 0.434 e. The van der Waals surface area contributed by atoms with Crippen molar-refractivity contribution in [1.29, 1.82) is 0 Å². The second-order valence-corrected chi connectivity index (χ2v) is 6.61. The summed E-state index contributed by atoms with van der Waals surface area (Å²) in [5.74, 6) is 0.0744. The third-order valence-electron chi connectivity index (χ3n) is 4.66. The number of hydrogen-bond donors (Lipinski definition) is 2. The van der Waals surface area contributed by atoms with Crippen LogP contribution in [-0.4, -0.2) is 27.5 Å². The van der Waals surface area contributed by atoms with Gasteiger partial charge in [-0.05, 0) is 38.3 Å². The van der Waals surface area contributed by atoms with Gasteiger partial charge in [-0.1, -0.05) is 18.2 Å². The highest BCUT2D eigenvalue weighted by Crippen LogP contribution is 2.33. The van der Waals surface area contributed by atoms with Gasteiger partial charge in [-0.2, -0.15) is 13.2 Å². The maximum atomic E-state index is 12.6. The van der Waals surface area contributed by atoms with Gasteiger partial charge in [-0.25, -0.2) is 9.97 Å². The molecule has 1 aliphatic carbocycles. The Morgan fingerprint density at radius 2 is 1.92 bits per heavy atom. The maximum Gasteiger partial charge on any atom is 0.434 e. The van der Waals surface area contributed by atoms with E-state index in [1.807, 2.05) is 13.0 Å². The van der Waals surface area contributed by atoms with Crippen molar-refractivity contribution in [2.75, 3.05) is 5.32 Å². The van der Waals surface area contributed by atoms with Crippen LogP contribution in [0.4, 0.5) is 19.0 Å². The Morgan fingerprint density at radius 1 is 1.19 bits per heavy atom. The molecule has 1 fully saturated rings. The fraction of sp³-hybridized carbons (Fsp3) is 0.389. The molecular formula is C18H19F3N4O. The number of nitrogens with one attached hydrogen (secondary N) is 2. The lowest BCUT2D eigenvalue weighted by atomic mass is 9.95. The summed E-state index contributed by atoms with van der Waals surface area (Å²) < 4.78 is 37.8. The predicted molar refractivity (Wildman–Crippen MR) is 90.6 cm³/mol. The predicted octanol–water partition coefficient (Wildman–Crippen LogP) is 3.65. The topological polar surface area (TPSA) is 66.9 Å². The summed E-state index contributed by atoms with van der Waals surface area (Å²) in [6.45, 7) is 1.93. The zero-order valence-corrected chi connectivity index (χ0v) is 14.2. The molecule has 1 heterocycles. The van der Waals surface area contributed by atoms with Crippen LogP contribution in [0.3, 0.4) is 0 Å². The van der Waals surface area contributed by atoms with Gasteiger partial charge in [0.25, 0.3) is 5.91 Å². The normalized spacial score (nSPS) is 22.8. The number of rotatable bonds is 4. The standard InChI is InChI=1S/C18H19F3N4O/c1-17(25-15-11-22-14(10-23-15)18(19,20)21)9-5-8-13(17)24-16(26)12-6-3-2-4-7-12/h2-4,6-7,10-11,13H,5,8-9H2,1H3,(H,23,25)(H,24,26)/t13-,17-/m0/s1. The fourth-order valence-corrected chi connectivity index (χ4v) is 3.21. The Morgan fingerprint density at radius 3 is 2.54 bits per heavy atom. The van der Waals surface area contributed by atoms with Crippen LogP contribution in [0.1, 0.15) is 42.2 Å². The van der Waals surface area contributed by atoms with Crippen molar-refractivity contribution in [1.82, 2.24) is 15.3 Å². The lowest BCUT2D eigenvalue weighted by molar-refractivity contribution is -0.141. The third kappa shape index (κ3) is 3.95. The van der Waals surface area contributed by atoms with Crippen LogP contribution in [0, 0.1) is 0 Å². The number of alkyl halides is 3.